The smallest absolute Gasteiger partial charge is 0.306 e. The summed E-state index contributed by atoms with van der Waals surface area (Å²) < 4.78 is 17.6. The number of aliphatic hydroxyl groups is 5. The number of carbonyl (C=O) groups is 2. The number of ether oxygens (including phenoxy) is 3. The molecule has 80 heavy (non-hydrogen) atoms. The summed E-state index contributed by atoms with van der Waals surface area (Å²) in [6, 6.07) is -1.03. The molecule has 0 bridgehead atoms. The molecule has 1 aliphatic rings. The number of hydrogen-bond donors (Lipinski definition) is 6. The Labute approximate surface area is 490 Å². The number of rotatable bonds is 56. The third-order valence-electron chi connectivity index (χ3n) is 15.3. The summed E-state index contributed by atoms with van der Waals surface area (Å²) in [6.45, 7) is 5.66. The van der Waals surface area contributed by atoms with Crippen LogP contribution in [-0.4, -0.2) is 99.6 Å². The first kappa shape index (κ1) is 75.1. The molecule has 0 aromatic rings. The molecule has 1 amide bonds. The highest BCUT2D eigenvalue weighted by molar-refractivity contribution is 5.80. The number of amides is 1. The monoisotopic (exact) mass is 1130 g/mol. The normalized spacial score (nSPS) is 19.2. The first-order valence-electron chi connectivity index (χ1n) is 33.2. The summed E-state index contributed by atoms with van der Waals surface area (Å²) in [5.74, 6) is -1.21. The summed E-state index contributed by atoms with van der Waals surface area (Å²) in [4.78, 5) is 26.6. The van der Waals surface area contributed by atoms with Gasteiger partial charge in [-0.15, -0.1) is 0 Å². The largest absolute Gasteiger partial charge is 0.454 e. The SMILES string of the molecule is CC/C=C/C/C=C/C/C=C/CCCCCCC(=O)OC1C(OCC(NC(=O)C(O)CCCCCCCCCCCCCCCC/C=C\C/C=C\CCCCC)C(O)/C=C/CCCCCCCCCCCCC)OC(CO)C(O)C1O. The van der Waals surface area contributed by atoms with E-state index < -0.39 is 67.4 Å². The molecular weight excluding hydrogens is 1000 g/mol. The Balaban J connectivity index is 2.62. The number of unbranched alkanes of at least 4 members (excludes halogenated alkanes) is 32. The van der Waals surface area contributed by atoms with Crippen molar-refractivity contribution in [3.05, 3.63) is 72.9 Å². The van der Waals surface area contributed by atoms with Crippen LogP contribution in [0.3, 0.4) is 0 Å². The molecule has 1 aliphatic heterocycles. The molecule has 1 fully saturated rings. The van der Waals surface area contributed by atoms with Crippen molar-refractivity contribution >= 4 is 11.9 Å². The lowest BCUT2D eigenvalue weighted by molar-refractivity contribution is -0.305. The van der Waals surface area contributed by atoms with Gasteiger partial charge >= 0.3 is 5.97 Å². The molecule has 0 radical (unpaired) electrons. The van der Waals surface area contributed by atoms with Gasteiger partial charge in [0.1, 0.15) is 24.4 Å². The number of allylic oxidation sites excluding steroid dienone is 11. The van der Waals surface area contributed by atoms with Gasteiger partial charge in [0.2, 0.25) is 5.91 Å². The van der Waals surface area contributed by atoms with Crippen LogP contribution in [0.15, 0.2) is 72.9 Å². The predicted octanol–water partition coefficient (Wildman–Crippen LogP) is 16.3. The molecule has 1 heterocycles. The van der Waals surface area contributed by atoms with E-state index in [0.29, 0.717) is 12.8 Å². The van der Waals surface area contributed by atoms with E-state index in [1.807, 2.05) is 6.08 Å². The average molecular weight is 1130 g/mol. The van der Waals surface area contributed by atoms with E-state index in [2.05, 4.69) is 86.8 Å². The zero-order chi connectivity index (χ0) is 58.2. The number of esters is 1. The van der Waals surface area contributed by atoms with Crippen LogP contribution in [0, 0.1) is 0 Å². The average Bonchev–Trinajstić information content (AvgIpc) is 3.53. The molecule has 11 nitrogen and oxygen atoms in total. The van der Waals surface area contributed by atoms with E-state index in [1.54, 1.807) is 6.08 Å². The van der Waals surface area contributed by atoms with E-state index in [4.69, 9.17) is 14.2 Å². The second kappa shape index (κ2) is 56.6. The highest BCUT2D eigenvalue weighted by Crippen LogP contribution is 2.26. The highest BCUT2D eigenvalue weighted by Gasteiger charge is 2.47. The maximum Gasteiger partial charge on any atom is 0.306 e. The van der Waals surface area contributed by atoms with Crippen molar-refractivity contribution in [2.45, 2.75) is 339 Å². The quantitative estimate of drug-likeness (QED) is 0.0195. The lowest BCUT2D eigenvalue weighted by atomic mass is 9.99. The fraction of sp³-hybridized carbons (Fsp3) is 0.797. The molecule has 8 atom stereocenters. The third kappa shape index (κ3) is 43.7. The molecule has 0 aliphatic carbocycles. The van der Waals surface area contributed by atoms with E-state index >= 15 is 0 Å². The van der Waals surface area contributed by atoms with Crippen LogP contribution in [-0.2, 0) is 23.8 Å². The van der Waals surface area contributed by atoms with Gasteiger partial charge in [-0.3, -0.25) is 9.59 Å². The van der Waals surface area contributed by atoms with Gasteiger partial charge in [-0.25, -0.2) is 0 Å². The van der Waals surface area contributed by atoms with Gasteiger partial charge in [-0.2, -0.15) is 0 Å². The first-order valence-corrected chi connectivity index (χ1v) is 33.2. The molecule has 464 valence electrons. The second-order valence-corrected chi connectivity index (χ2v) is 22.8. The Morgan fingerprint density at radius 2 is 0.900 bits per heavy atom. The predicted molar refractivity (Wildman–Crippen MR) is 333 cm³/mol. The lowest BCUT2D eigenvalue weighted by Crippen LogP contribution is -2.61. The second-order valence-electron chi connectivity index (χ2n) is 22.8. The molecule has 11 heteroatoms. The topological polar surface area (TPSA) is 175 Å². The summed E-state index contributed by atoms with van der Waals surface area (Å²) >= 11 is 0. The van der Waals surface area contributed by atoms with E-state index in [0.717, 1.165) is 89.9 Å². The Kier molecular flexibility index (Phi) is 53.1. The zero-order valence-electron chi connectivity index (χ0n) is 51.4. The van der Waals surface area contributed by atoms with E-state index in [9.17, 15) is 35.1 Å². The van der Waals surface area contributed by atoms with Crippen LogP contribution in [0.25, 0.3) is 0 Å². The summed E-state index contributed by atoms with van der Waals surface area (Å²) in [5, 5.41) is 57.1. The van der Waals surface area contributed by atoms with Crippen LogP contribution in [0.1, 0.15) is 290 Å². The van der Waals surface area contributed by atoms with Gasteiger partial charge in [0.15, 0.2) is 12.4 Å². The number of nitrogens with one attached hydrogen (secondary N) is 1. The Hall–Kier alpha value is -2.90. The number of carbonyl (C=O) groups excluding carboxylic acids is 2. The van der Waals surface area contributed by atoms with Gasteiger partial charge in [-0.1, -0.05) is 267 Å². The van der Waals surface area contributed by atoms with Crippen LogP contribution in [0.4, 0.5) is 0 Å². The highest BCUT2D eigenvalue weighted by atomic mass is 16.7. The fourth-order valence-electron chi connectivity index (χ4n) is 10.1. The minimum atomic E-state index is -1.62. The van der Waals surface area contributed by atoms with E-state index in [1.165, 1.54) is 154 Å². The summed E-state index contributed by atoms with van der Waals surface area (Å²) in [6.07, 6.45) is 62.3. The van der Waals surface area contributed by atoms with Gasteiger partial charge < -0.3 is 45.1 Å². The zero-order valence-corrected chi connectivity index (χ0v) is 51.4. The minimum Gasteiger partial charge on any atom is -0.454 e. The van der Waals surface area contributed by atoms with Crippen molar-refractivity contribution in [1.29, 1.82) is 0 Å². The third-order valence-corrected chi connectivity index (χ3v) is 15.3. The molecule has 1 saturated heterocycles. The maximum atomic E-state index is 13.5. The lowest BCUT2D eigenvalue weighted by Gasteiger charge is -2.41. The molecule has 0 aromatic carbocycles. The number of aliphatic hydroxyl groups excluding tert-OH is 5. The first-order chi connectivity index (χ1) is 39.2. The van der Waals surface area contributed by atoms with Crippen LogP contribution >= 0.6 is 0 Å². The van der Waals surface area contributed by atoms with Crippen molar-refractivity contribution in [3.8, 4) is 0 Å². The molecule has 8 unspecified atom stereocenters. The molecule has 1 rings (SSSR count). The Bertz CT molecular complexity index is 1580. The molecule has 0 saturated carbocycles. The van der Waals surface area contributed by atoms with Gasteiger partial charge in [-0.05, 0) is 89.9 Å². The van der Waals surface area contributed by atoms with Crippen molar-refractivity contribution in [2.24, 2.45) is 0 Å². The number of hydrogen-bond acceptors (Lipinski definition) is 10. The molecule has 0 aromatic heterocycles. The van der Waals surface area contributed by atoms with Crippen molar-refractivity contribution in [1.82, 2.24) is 5.32 Å². The van der Waals surface area contributed by atoms with Gasteiger partial charge in [0, 0.05) is 6.42 Å². The summed E-state index contributed by atoms with van der Waals surface area (Å²) in [5.41, 5.74) is 0. The molecule has 6 N–H and O–H groups in total. The molecular formula is C69H123NO10. The van der Waals surface area contributed by atoms with Gasteiger partial charge in [0.25, 0.3) is 0 Å². The molecule has 0 spiro atoms. The van der Waals surface area contributed by atoms with Crippen molar-refractivity contribution in [2.75, 3.05) is 13.2 Å². The Morgan fingerprint density at radius 3 is 1.38 bits per heavy atom. The van der Waals surface area contributed by atoms with Gasteiger partial charge in [0.05, 0.1) is 25.4 Å². The fourth-order valence-corrected chi connectivity index (χ4v) is 10.1. The van der Waals surface area contributed by atoms with Crippen molar-refractivity contribution in [3.63, 3.8) is 0 Å². The minimum absolute atomic E-state index is 0.0964. The maximum absolute atomic E-state index is 13.5. The summed E-state index contributed by atoms with van der Waals surface area (Å²) in [7, 11) is 0. The standard InChI is InChI=1S/C69H123NO10/c1-4-7-10-13-16-19-22-25-27-28-29-30-31-32-33-34-35-36-38-41-44-47-50-53-56-62(73)68(77)70-60(61(72)55-52-49-46-43-40-37-24-21-18-15-12-9-6-3)59-78-69-67(66(76)65(75)63(58-71)79-69)80-64(74)57-54-51-48-45-42-39-26-23-20-17-14-11-8-5-2/h8,11,16-17,19-20,25-27,39,52,55,60-63,65-67,69,71-73,75-76H,4-7,9-10,12-15,18,21-24,28-38,40-51,53-54,56-59H2,1-3H3,(H,70,77)/b11-8+,19-16-,20-17+,27-25-,39-26+,55-52+. The van der Waals surface area contributed by atoms with Crippen molar-refractivity contribution < 1.29 is 49.3 Å². The van der Waals surface area contributed by atoms with Crippen LogP contribution in [0.2, 0.25) is 0 Å². The Morgan fingerprint density at radius 1 is 0.500 bits per heavy atom. The van der Waals surface area contributed by atoms with Crippen LogP contribution < -0.4 is 5.32 Å². The van der Waals surface area contributed by atoms with Crippen LogP contribution in [0.5, 0.6) is 0 Å². The van der Waals surface area contributed by atoms with E-state index in [-0.39, 0.29) is 19.4 Å².